The van der Waals surface area contributed by atoms with Crippen LogP contribution in [0.1, 0.15) is 39.0 Å². The normalized spacial score (nSPS) is 11.2. The Labute approximate surface area is 150 Å². The third-order valence-electron chi connectivity index (χ3n) is 4.65. The number of Topliss-reactive ketones (excluding diaryl/α,β-unsaturated/α-hetero) is 1. The van der Waals surface area contributed by atoms with Gasteiger partial charge in [0.2, 0.25) is 0 Å². The standard InChI is InChI=1S/C21H18N2O3/c1-11-19(13(3)24)12(2)22-20(11)21(25)23-14-8-9-16-15-6-4-5-7-17(15)26-18(16)10-14/h4-10,22H,1-3H3,(H,23,25). The number of para-hydroxylation sites is 1. The maximum absolute atomic E-state index is 12.6. The molecule has 0 bridgehead atoms. The number of aromatic nitrogens is 1. The van der Waals surface area contributed by atoms with Crippen LogP contribution in [-0.2, 0) is 0 Å². The molecule has 0 unspecified atom stereocenters. The highest BCUT2D eigenvalue weighted by Crippen LogP contribution is 2.30. The molecule has 130 valence electrons. The van der Waals surface area contributed by atoms with Gasteiger partial charge in [-0.15, -0.1) is 0 Å². The summed E-state index contributed by atoms with van der Waals surface area (Å²) in [6.07, 6.45) is 0. The summed E-state index contributed by atoms with van der Waals surface area (Å²) < 4.78 is 5.86. The molecule has 0 atom stereocenters. The number of hydrogen-bond donors (Lipinski definition) is 2. The topological polar surface area (TPSA) is 75.1 Å². The lowest BCUT2D eigenvalue weighted by Crippen LogP contribution is -2.13. The first-order valence-electron chi connectivity index (χ1n) is 8.38. The van der Waals surface area contributed by atoms with E-state index in [1.807, 2.05) is 42.5 Å². The molecule has 0 fully saturated rings. The third-order valence-corrected chi connectivity index (χ3v) is 4.65. The van der Waals surface area contributed by atoms with E-state index in [-0.39, 0.29) is 11.7 Å². The van der Waals surface area contributed by atoms with Crippen LogP contribution in [0.3, 0.4) is 0 Å². The number of benzene rings is 2. The van der Waals surface area contributed by atoms with Crippen molar-refractivity contribution in [2.24, 2.45) is 0 Å². The van der Waals surface area contributed by atoms with Crippen LogP contribution in [0.25, 0.3) is 21.9 Å². The van der Waals surface area contributed by atoms with E-state index in [9.17, 15) is 9.59 Å². The first kappa shape index (κ1) is 16.1. The fraction of sp³-hybridized carbons (Fsp3) is 0.143. The minimum atomic E-state index is -0.284. The lowest BCUT2D eigenvalue weighted by molar-refractivity contribution is 0.101. The number of hydrogen-bond acceptors (Lipinski definition) is 3. The largest absolute Gasteiger partial charge is 0.456 e. The number of fused-ring (bicyclic) bond motifs is 3. The van der Waals surface area contributed by atoms with Crippen molar-refractivity contribution in [2.75, 3.05) is 5.32 Å². The lowest BCUT2D eigenvalue weighted by Gasteiger charge is -2.05. The van der Waals surface area contributed by atoms with Gasteiger partial charge in [-0.2, -0.15) is 0 Å². The molecule has 0 radical (unpaired) electrons. The van der Waals surface area contributed by atoms with Crippen LogP contribution in [-0.4, -0.2) is 16.7 Å². The smallest absolute Gasteiger partial charge is 0.272 e. The van der Waals surface area contributed by atoms with Crippen LogP contribution < -0.4 is 5.32 Å². The van der Waals surface area contributed by atoms with Gasteiger partial charge in [0.1, 0.15) is 16.9 Å². The summed E-state index contributed by atoms with van der Waals surface area (Å²) in [5.41, 5.74) is 4.50. The SMILES string of the molecule is CC(=O)c1c(C)[nH]c(C(=O)Nc2ccc3c(c2)oc2ccccc23)c1C. The molecule has 0 spiro atoms. The van der Waals surface area contributed by atoms with Crippen molar-refractivity contribution in [2.45, 2.75) is 20.8 Å². The first-order valence-corrected chi connectivity index (χ1v) is 8.38. The van der Waals surface area contributed by atoms with E-state index in [4.69, 9.17) is 4.42 Å². The van der Waals surface area contributed by atoms with E-state index >= 15 is 0 Å². The Bertz CT molecular complexity index is 1180. The summed E-state index contributed by atoms with van der Waals surface area (Å²) in [7, 11) is 0. The van der Waals surface area contributed by atoms with Crippen molar-refractivity contribution in [3.63, 3.8) is 0 Å². The van der Waals surface area contributed by atoms with E-state index in [1.54, 1.807) is 13.8 Å². The average Bonchev–Trinajstić information content (AvgIpc) is 3.11. The predicted molar refractivity (Wildman–Crippen MR) is 102 cm³/mol. The van der Waals surface area contributed by atoms with Crippen LogP contribution in [0.2, 0.25) is 0 Å². The highest BCUT2D eigenvalue weighted by molar-refractivity contribution is 6.10. The number of carbonyl (C=O) groups is 2. The number of aryl methyl sites for hydroxylation is 1. The molecule has 4 rings (SSSR count). The van der Waals surface area contributed by atoms with Crippen molar-refractivity contribution in [3.8, 4) is 0 Å². The maximum atomic E-state index is 12.6. The fourth-order valence-electron chi connectivity index (χ4n) is 3.50. The van der Waals surface area contributed by atoms with Gasteiger partial charge in [-0.1, -0.05) is 18.2 Å². The van der Waals surface area contributed by atoms with Crippen LogP contribution in [0.4, 0.5) is 5.69 Å². The van der Waals surface area contributed by atoms with E-state index in [2.05, 4.69) is 10.3 Å². The molecule has 5 heteroatoms. The molecule has 0 aliphatic carbocycles. The number of aromatic amines is 1. The number of furan rings is 1. The second-order valence-electron chi connectivity index (χ2n) is 6.44. The Morgan fingerprint density at radius 1 is 1.00 bits per heavy atom. The van der Waals surface area contributed by atoms with Gasteiger partial charge in [-0.25, -0.2) is 0 Å². The summed E-state index contributed by atoms with van der Waals surface area (Å²) >= 11 is 0. The third kappa shape index (κ3) is 2.49. The van der Waals surface area contributed by atoms with Gasteiger partial charge >= 0.3 is 0 Å². The van der Waals surface area contributed by atoms with E-state index < -0.39 is 0 Å². The molecule has 0 aliphatic rings. The number of ketones is 1. The number of nitrogens with one attached hydrogen (secondary N) is 2. The Kier molecular flexibility index (Phi) is 3.65. The van der Waals surface area contributed by atoms with Gasteiger partial charge in [0.15, 0.2) is 5.78 Å². The van der Waals surface area contributed by atoms with Gasteiger partial charge in [-0.3, -0.25) is 9.59 Å². The quantitative estimate of drug-likeness (QED) is 0.513. The van der Waals surface area contributed by atoms with Crippen LogP contribution in [0.15, 0.2) is 46.9 Å². The molecule has 4 aromatic rings. The molecule has 2 N–H and O–H groups in total. The predicted octanol–water partition coefficient (Wildman–Crippen LogP) is 4.99. The molecule has 26 heavy (non-hydrogen) atoms. The van der Waals surface area contributed by atoms with Crippen molar-refractivity contribution >= 4 is 39.3 Å². The van der Waals surface area contributed by atoms with Crippen LogP contribution >= 0.6 is 0 Å². The van der Waals surface area contributed by atoms with Gasteiger partial charge in [0.05, 0.1) is 0 Å². The van der Waals surface area contributed by atoms with Gasteiger partial charge < -0.3 is 14.7 Å². The molecule has 2 aromatic carbocycles. The molecule has 0 saturated heterocycles. The summed E-state index contributed by atoms with van der Waals surface area (Å²) in [4.78, 5) is 27.4. The summed E-state index contributed by atoms with van der Waals surface area (Å²) in [5.74, 6) is -0.340. The highest BCUT2D eigenvalue weighted by Gasteiger charge is 2.20. The van der Waals surface area contributed by atoms with E-state index in [0.717, 1.165) is 16.4 Å². The molecule has 2 heterocycles. The minimum absolute atomic E-state index is 0.0565. The van der Waals surface area contributed by atoms with Crippen molar-refractivity contribution in [1.29, 1.82) is 0 Å². The van der Waals surface area contributed by atoms with Crippen molar-refractivity contribution in [3.05, 3.63) is 65.0 Å². The second kappa shape index (κ2) is 5.88. The Morgan fingerprint density at radius 3 is 2.46 bits per heavy atom. The zero-order chi connectivity index (χ0) is 18.4. The van der Waals surface area contributed by atoms with E-state index in [1.165, 1.54) is 6.92 Å². The molecular formula is C21H18N2O3. The Balaban J connectivity index is 1.69. The second-order valence-corrected chi connectivity index (χ2v) is 6.44. The number of amides is 1. The molecule has 5 nitrogen and oxygen atoms in total. The first-order chi connectivity index (χ1) is 12.5. The molecule has 0 aliphatic heterocycles. The number of anilines is 1. The van der Waals surface area contributed by atoms with Crippen molar-refractivity contribution < 1.29 is 14.0 Å². The number of rotatable bonds is 3. The zero-order valence-electron chi connectivity index (χ0n) is 14.8. The average molecular weight is 346 g/mol. The van der Waals surface area contributed by atoms with Gasteiger partial charge in [-0.05, 0) is 44.5 Å². The maximum Gasteiger partial charge on any atom is 0.272 e. The molecule has 0 saturated carbocycles. The number of carbonyl (C=O) groups excluding carboxylic acids is 2. The summed E-state index contributed by atoms with van der Waals surface area (Å²) in [6, 6.07) is 13.4. The van der Waals surface area contributed by atoms with E-state index in [0.29, 0.717) is 33.8 Å². The Morgan fingerprint density at radius 2 is 1.73 bits per heavy atom. The minimum Gasteiger partial charge on any atom is -0.456 e. The molecule has 2 aromatic heterocycles. The summed E-state index contributed by atoms with van der Waals surface area (Å²) in [6.45, 7) is 5.07. The van der Waals surface area contributed by atoms with Gasteiger partial charge in [0.25, 0.3) is 5.91 Å². The van der Waals surface area contributed by atoms with Gasteiger partial charge in [0, 0.05) is 33.8 Å². The van der Waals surface area contributed by atoms with Crippen molar-refractivity contribution in [1.82, 2.24) is 4.98 Å². The monoisotopic (exact) mass is 346 g/mol. The highest BCUT2D eigenvalue weighted by atomic mass is 16.3. The fourth-order valence-corrected chi connectivity index (χ4v) is 3.50. The molecular weight excluding hydrogens is 328 g/mol. The lowest BCUT2D eigenvalue weighted by atomic mass is 10.1. The van der Waals surface area contributed by atoms with Crippen LogP contribution in [0.5, 0.6) is 0 Å². The zero-order valence-corrected chi connectivity index (χ0v) is 14.8. The molecule has 1 amide bonds. The van der Waals surface area contributed by atoms with Crippen LogP contribution in [0, 0.1) is 13.8 Å². The number of H-pyrrole nitrogens is 1. The Hall–Kier alpha value is -3.34. The summed E-state index contributed by atoms with van der Waals surface area (Å²) in [5, 5.41) is 4.92.